The first-order chi connectivity index (χ1) is 5.25. The minimum atomic E-state index is 0.235. The van der Waals surface area contributed by atoms with E-state index in [9.17, 15) is 4.79 Å². The van der Waals surface area contributed by atoms with Gasteiger partial charge in [0, 0.05) is 18.4 Å². The highest BCUT2D eigenvalue weighted by Crippen LogP contribution is 2.34. The Morgan fingerprint density at radius 1 is 1.55 bits per heavy atom. The molecule has 0 aromatic carbocycles. The molecule has 0 aromatic heterocycles. The first kappa shape index (κ1) is 6.89. The molecular formula is C9H12O2. The van der Waals surface area contributed by atoms with Crippen molar-refractivity contribution in [3.63, 3.8) is 0 Å². The van der Waals surface area contributed by atoms with E-state index in [2.05, 4.69) is 6.92 Å². The lowest BCUT2D eigenvalue weighted by Gasteiger charge is -2.26. The van der Waals surface area contributed by atoms with Gasteiger partial charge in [-0.15, -0.1) is 0 Å². The van der Waals surface area contributed by atoms with Crippen molar-refractivity contribution >= 4 is 5.78 Å². The molecule has 2 nitrogen and oxygen atoms in total. The van der Waals surface area contributed by atoms with Gasteiger partial charge in [-0.3, -0.25) is 4.79 Å². The van der Waals surface area contributed by atoms with E-state index >= 15 is 0 Å². The molecule has 60 valence electrons. The number of rotatable bonds is 0. The summed E-state index contributed by atoms with van der Waals surface area (Å²) in [6.07, 6.45) is 4.87. The number of carbonyl (C=O) groups is 1. The summed E-state index contributed by atoms with van der Waals surface area (Å²) in [5, 5.41) is 0. The second-order valence-electron chi connectivity index (χ2n) is 3.42. The number of hydrogen-bond acceptors (Lipinski definition) is 2. The van der Waals surface area contributed by atoms with E-state index in [0.717, 1.165) is 18.6 Å². The Morgan fingerprint density at radius 3 is 3.18 bits per heavy atom. The Labute approximate surface area is 66.2 Å². The molecule has 0 amide bonds. The van der Waals surface area contributed by atoms with Gasteiger partial charge in [-0.25, -0.2) is 0 Å². The van der Waals surface area contributed by atoms with E-state index < -0.39 is 0 Å². The molecular weight excluding hydrogens is 140 g/mol. The zero-order valence-corrected chi connectivity index (χ0v) is 6.67. The fourth-order valence-electron chi connectivity index (χ4n) is 1.78. The van der Waals surface area contributed by atoms with Gasteiger partial charge in [-0.2, -0.15) is 0 Å². The molecule has 2 atom stereocenters. The molecule has 0 saturated carbocycles. The largest absolute Gasteiger partial charge is 0.495 e. The van der Waals surface area contributed by atoms with Crippen LogP contribution in [-0.2, 0) is 9.53 Å². The van der Waals surface area contributed by atoms with Gasteiger partial charge in [0.1, 0.15) is 5.76 Å². The third-order valence-electron chi connectivity index (χ3n) is 2.41. The van der Waals surface area contributed by atoms with E-state index in [1.165, 1.54) is 0 Å². The highest BCUT2D eigenvalue weighted by molar-refractivity contribution is 5.93. The van der Waals surface area contributed by atoms with Crippen molar-refractivity contribution in [1.29, 1.82) is 0 Å². The van der Waals surface area contributed by atoms with Gasteiger partial charge in [0.25, 0.3) is 0 Å². The lowest BCUT2D eigenvalue weighted by Crippen LogP contribution is -2.19. The van der Waals surface area contributed by atoms with Crippen LogP contribution >= 0.6 is 0 Å². The predicted octanol–water partition coefficient (Wildman–Crippen LogP) is 1.66. The van der Waals surface area contributed by atoms with Crippen LogP contribution in [0.1, 0.15) is 26.2 Å². The standard InChI is InChI=1S/C9H12O2/c1-6-2-3-7-4-8(10)5-9(7)11-6/h5-7H,2-4H2,1H3/t6-,7-/m0/s1. The summed E-state index contributed by atoms with van der Waals surface area (Å²) < 4.78 is 5.52. The SMILES string of the molecule is C[C@H]1CC[C@H]2CC(=O)C=C2O1. The van der Waals surface area contributed by atoms with E-state index in [4.69, 9.17) is 4.74 Å². The van der Waals surface area contributed by atoms with Crippen LogP contribution in [0.3, 0.4) is 0 Å². The van der Waals surface area contributed by atoms with E-state index in [0.29, 0.717) is 18.4 Å². The number of fused-ring (bicyclic) bond motifs is 1. The van der Waals surface area contributed by atoms with Gasteiger partial charge in [-0.05, 0) is 19.8 Å². The summed E-state index contributed by atoms with van der Waals surface area (Å²) in [4.78, 5) is 11.0. The number of ether oxygens (including phenoxy) is 1. The lowest BCUT2D eigenvalue weighted by molar-refractivity contribution is -0.114. The van der Waals surface area contributed by atoms with Gasteiger partial charge >= 0.3 is 0 Å². The average molecular weight is 152 g/mol. The molecule has 2 aliphatic rings. The van der Waals surface area contributed by atoms with Gasteiger partial charge in [0.2, 0.25) is 0 Å². The van der Waals surface area contributed by atoms with Crippen molar-refractivity contribution in [3.05, 3.63) is 11.8 Å². The normalized spacial score (nSPS) is 36.1. The summed E-state index contributed by atoms with van der Waals surface area (Å²) >= 11 is 0. The summed E-state index contributed by atoms with van der Waals surface area (Å²) in [7, 11) is 0. The van der Waals surface area contributed by atoms with Crippen LogP contribution in [0.4, 0.5) is 0 Å². The van der Waals surface area contributed by atoms with Crippen molar-refractivity contribution in [1.82, 2.24) is 0 Å². The molecule has 0 radical (unpaired) electrons. The lowest BCUT2D eigenvalue weighted by atomic mass is 9.96. The van der Waals surface area contributed by atoms with E-state index in [1.54, 1.807) is 6.08 Å². The van der Waals surface area contributed by atoms with Crippen LogP contribution in [0.25, 0.3) is 0 Å². The van der Waals surface area contributed by atoms with E-state index in [-0.39, 0.29) is 5.78 Å². The summed E-state index contributed by atoms with van der Waals surface area (Å²) in [5.74, 6) is 1.59. The molecule has 0 aromatic rings. The van der Waals surface area contributed by atoms with Crippen molar-refractivity contribution in [2.24, 2.45) is 5.92 Å². The van der Waals surface area contributed by atoms with Crippen LogP contribution in [0.2, 0.25) is 0 Å². The Kier molecular flexibility index (Phi) is 1.48. The highest BCUT2D eigenvalue weighted by Gasteiger charge is 2.31. The molecule has 11 heavy (non-hydrogen) atoms. The molecule has 2 heteroatoms. The van der Waals surface area contributed by atoms with Crippen molar-refractivity contribution in [2.45, 2.75) is 32.3 Å². The zero-order valence-electron chi connectivity index (χ0n) is 6.67. The monoisotopic (exact) mass is 152 g/mol. The van der Waals surface area contributed by atoms with Crippen LogP contribution in [0.15, 0.2) is 11.8 Å². The van der Waals surface area contributed by atoms with Gasteiger partial charge < -0.3 is 4.74 Å². The number of allylic oxidation sites excluding steroid dienone is 2. The zero-order chi connectivity index (χ0) is 7.84. The molecule has 0 N–H and O–H groups in total. The molecule has 0 spiro atoms. The molecule has 0 bridgehead atoms. The third kappa shape index (κ3) is 1.17. The van der Waals surface area contributed by atoms with E-state index in [1.807, 2.05) is 0 Å². The van der Waals surface area contributed by atoms with Crippen molar-refractivity contribution in [3.8, 4) is 0 Å². The Bertz CT molecular complexity index is 218. The van der Waals surface area contributed by atoms with Crippen LogP contribution in [0, 0.1) is 5.92 Å². The summed E-state index contributed by atoms with van der Waals surface area (Å²) in [6.45, 7) is 2.06. The van der Waals surface area contributed by atoms with Crippen molar-refractivity contribution < 1.29 is 9.53 Å². The Hall–Kier alpha value is -0.790. The third-order valence-corrected chi connectivity index (χ3v) is 2.41. The maximum absolute atomic E-state index is 11.0. The quantitative estimate of drug-likeness (QED) is 0.527. The van der Waals surface area contributed by atoms with Gasteiger partial charge in [-0.1, -0.05) is 0 Å². The minimum absolute atomic E-state index is 0.235. The molecule has 1 aliphatic heterocycles. The van der Waals surface area contributed by atoms with Gasteiger partial charge in [0.15, 0.2) is 5.78 Å². The number of ketones is 1. The number of carbonyl (C=O) groups excluding carboxylic acids is 1. The van der Waals surface area contributed by atoms with Crippen LogP contribution in [0.5, 0.6) is 0 Å². The summed E-state index contributed by atoms with van der Waals surface area (Å²) in [5.41, 5.74) is 0. The van der Waals surface area contributed by atoms with Gasteiger partial charge in [0.05, 0.1) is 6.10 Å². The smallest absolute Gasteiger partial charge is 0.159 e. The predicted molar refractivity (Wildman–Crippen MR) is 41.0 cm³/mol. The average Bonchev–Trinajstić information content (AvgIpc) is 2.27. The Balaban J connectivity index is 2.15. The molecule has 1 saturated heterocycles. The fraction of sp³-hybridized carbons (Fsp3) is 0.667. The molecule has 2 rings (SSSR count). The maximum atomic E-state index is 11.0. The minimum Gasteiger partial charge on any atom is -0.495 e. The molecule has 1 fully saturated rings. The highest BCUT2D eigenvalue weighted by atomic mass is 16.5. The summed E-state index contributed by atoms with van der Waals surface area (Å²) in [6, 6.07) is 0. The second-order valence-corrected chi connectivity index (χ2v) is 3.42. The first-order valence-electron chi connectivity index (χ1n) is 4.17. The molecule has 1 heterocycles. The first-order valence-corrected chi connectivity index (χ1v) is 4.17. The fourth-order valence-corrected chi connectivity index (χ4v) is 1.78. The molecule has 0 unspecified atom stereocenters. The molecule has 1 aliphatic carbocycles. The number of hydrogen-bond donors (Lipinski definition) is 0. The van der Waals surface area contributed by atoms with Crippen LogP contribution < -0.4 is 0 Å². The van der Waals surface area contributed by atoms with Crippen LogP contribution in [-0.4, -0.2) is 11.9 Å². The second kappa shape index (κ2) is 2.36. The maximum Gasteiger partial charge on any atom is 0.159 e. The Morgan fingerprint density at radius 2 is 2.36 bits per heavy atom. The topological polar surface area (TPSA) is 26.3 Å². The van der Waals surface area contributed by atoms with Crippen molar-refractivity contribution in [2.75, 3.05) is 0 Å².